The van der Waals surface area contributed by atoms with Gasteiger partial charge in [0.1, 0.15) is 0 Å². The van der Waals surface area contributed by atoms with Crippen LogP contribution in [0.2, 0.25) is 0 Å². The molecule has 0 amide bonds. The summed E-state index contributed by atoms with van der Waals surface area (Å²) < 4.78 is 2.71. The average molecular weight is 613 g/mol. The van der Waals surface area contributed by atoms with E-state index in [1.54, 1.807) is 0 Å². The number of benzene rings is 9. The number of fused-ring (bicyclic) bond motifs is 9. The molecule has 0 radical (unpaired) electrons. The lowest BCUT2D eigenvalue weighted by molar-refractivity contribution is 1.64. The van der Waals surface area contributed by atoms with Gasteiger partial charge in [-0.25, -0.2) is 0 Å². The Labute approximate surface area is 276 Å². The normalized spacial score (nSPS) is 11.8. The first-order valence-electron chi connectivity index (χ1n) is 16.2. The van der Waals surface area contributed by atoms with Gasteiger partial charge in [-0.2, -0.15) is 0 Å². The van der Waals surface area contributed by atoms with Crippen LogP contribution in [0.1, 0.15) is 0 Å². The number of rotatable bonds is 3. The maximum absolute atomic E-state index is 2.42. The van der Waals surface area contributed by atoms with Gasteiger partial charge in [0.05, 0.1) is 0 Å². The molecule has 10 aromatic rings. The van der Waals surface area contributed by atoms with Gasteiger partial charge in [0.25, 0.3) is 0 Å². The van der Waals surface area contributed by atoms with E-state index in [0.29, 0.717) is 0 Å². The van der Waals surface area contributed by atoms with E-state index < -0.39 is 0 Å². The molecular weight excluding hydrogens is 585 g/mol. The van der Waals surface area contributed by atoms with E-state index in [4.69, 9.17) is 0 Å². The van der Waals surface area contributed by atoms with Crippen molar-refractivity contribution in [2.75, 3.05) is 0 Å². The summed E-state index contributed by atoms with van der Waals surface area (Å²) in [6.45, 7) is 0. The van der Waals surface area contributed by atoms with E-state index in [-0.39, 0.29) is 0 Å². The second-order valence-corrected chi connectivity index (χ2v) is 13.4. The second-order valence-electron chi connectivity index (χ2n) is 12.4. The van der Waals surface area contributed by atoms with Crippen LogP contribution in [0.5, 0.6) is 0 Å². The van der Waals surface area contributed by atoms with Crippen LogP contribution in [-0.2, 0) is 0 Å². The molecule has 0 fully saturated rings. The molecular formula is C46H28S. The van der Waals surface area contributed by atoms with Gasteiger partial charge in [-0.15, -0.1) is 11.3 Å². The summed E-state index contributed by atoms with van der Waals surface area (Å²) in [5, 5.41) is 13.0. The van der Waals surface area contributed by atoms with E-state index in [1.165, 1.54) is 96.6 Å². The number of hydrogen-bond acceptors (Lipinski definition) is 1. The molecule has 1 heteroatoms. The Bertz CT molecular complexity index is 2780. The van der Waals surface area contributed by atoms with Crippen LogP contribution in [0.15, 0.2) is 170 Å². The van der Waals surface area contributed by atoms with E-state index in [1.807, 2.05) is 11.3 Å². The van der Waals surface area contributed by atoms with Crippen LogP contribution in [0, 0.1) is 0 Å². The van der Waals surface area contributed by atoms with Gasteiger partial charge in [0, 0.05) is 25.7 Å². The average Bonchev–Trinajstić information content (AvgIpc) is 3.54. The number of thiophene rings is 1. The highest BCUT2D eigenvalue weighted by molar-refractivity contribution is 7.27. The molecule has 0 aliphatic carbocycles. The predicted octanol–water partition coefficient (Wildman–Crippen LogP) is 13.7. The lowest BCUT2D eigenvalue weighted by atomic mass is 9.85. The third kappa shape index (κ3) is 4.00. The highest BCUT2D eigenvalue weighted by Crippen LogP contribution is 2.48. The maximum Gasteiger partial charge on any atom is 0.0440 e. The van der Waals surface area contributed by atoms with Crippen molar-refractivity contribution in [2.45, 2.75) is 0 Å². The first-order chi connectivity index (χ1) is 23.3. The predicted molar refractivity (Wildman–Crippen MR) is 206 cm³/mol. The molecule has 0 unspecified atom stereocenters. The SMILES string of the molecule is c1ccc(-c2c3ccccc3c(-c3cccc(-c4cc5ccccc5c5c4sc4c6ccccc6ccc45)c3)c3ccccc23)cc1. The molecule has 1 aromatic heterocycles. The quantitative estimate of drug-likeness (QED) is 0.174. The van der Waals surface area contributed by atoms with Gasteiger partial charge < -0.3 is 0 Å². The topological polar surface area (TPSA) is 0 Å². The van der Waals surface area contributed by atoms with Crippen LogP contribution in [0.4, 0.5) is 0 Å². The molecule has 0 saturated carbocycles. The Morgan fingerprint density at radius 2 is 0.830 bits per heavy atom. The van der Waals surface area contributed by atoms with Crippen LogP contribution < -0.4 is 0 Å². The Kier molecular flexibility index (Phi) is 5.85. The van der Waals surface area contributed by atoms with Crippen molar-refractivity contribution in [2.24, 2.45) is 0 Å². The summed E-state index contributed by atoms with van der Waals surface area (Å²) in [5.74, 6) is 0. The smallest absolute Gasteiger partial charge is 0.0440 e. The zero-order valence-electron chi connectivity index (χ0n) is 25.6. The van der Waals surface area contributed by atoms with Crippen LogP contribution in [0.25, 0.3) is 96.6 Å². The van der Waals surface area contributed by atoms with Crippen LogP contribution in [0.3, 0.4) is 0 Å². The molecule has 0 atom stereocenters. The standard InChI is InChI=1S/C46H28S/c1-2-14-30(15-3-1)42-36-21-8-10-23-38(36)43(39-24-11-9-22-37(39)42)33-18-12-17-31(27-33)41-28-32-16-5-6-19-34(32)44-40-26-25-29-13-4-7-20-35(29)45(40)47-46(41)44/h1-28H. The molecule has 0 aliphatic rings. The highest BCUT2D eigenvalue weighted by atomic mass is 32.1. The fourth-order valence-electron chi connectivity index (χ4n) is 7.77. The van der Waals surface area contributed by atoms with Crippen molar-refractivity contribution < 1.29 is 0 Å². The number of hydrogen-bond donors (Lipinski definition) is 0. The first kappa shape index (κ1) is 26.5. The lowest BCUT2D eigenvalue weighted by Gasteiger charge is -2.18. The molecule has 218 valence electrons. The third-order valence-corrected chi connectivity index (χ3v) is 11.1. The second kappa shape index (κ2) is 10.4. The van der Waals surface area contributed by atoms with Crippen LogP contribution in [-0.4, -0.2) is 0 Å². The van der Waals surface area contributed by atoms with Crippen molar-refractivity contribution in [1.29, 1.82) is 0 Å². The van der Waals surface area contributed by atoms with Crippen molar-refractivity contribution in [3.05, 3.63) is 170 Å². The zero-order valence-corrected chi connectivity index (χ0v) is 26.4. The summed E-state index contributed by atoms with van der Waals surface area (Å²) in [6.07, 6.45) is 0. The van der Waals surface area contributed by atoms with Crippen molar-refractivity contribution in [3.63, 3.8) is 0 Å². The molecule has 0 bridgehead atoms. The molecule has 0 aliphatic heterocycles. The van der Waals surface area contributed by atoms with E-state index in [0.717, 1.165) is 0 Å². The van der Waals surface area contributed by atoms with E-state index >= 15 is 0 Å². The minimum absolute atomic E-state index is 1.24. The molecule has 0 saturated heterocycles. The van der Waals surface area contributed by atoms with Crippen LogP contribution >= 0.6 is 11.3 Å². The molecule has 9 aromatic carbocycles. The maximum atomic E-state index is 2.42. The molecule has 1 heterocycles. The monoisotopic (exact) mass is 612 g/mol. The van der Waals surface area contributed by atoms with Gasteiger partial charge in [-0.05, 0) is 83.0 Å². The largest absolute Gasteiger partial charge is 0.134 e. The fraction of sp³-hybridized carbons (Fsp3) is 0. The minimum atomic E-state index is 1.24. The molecule has 47 heavy (non-hydrogen) atoms. The first-order valence-corrected chi connectivity index (χ1v) is 17.0. The molecule has 10 rings (SSSR count). The van der Waals surface area contributed by atoms with Crippen molar-refractivity contribution >= 4 is 74.6 Å². The third-order valence-electron chi connectivity index (χ3n) is 9.81. The van der Waals surface area contributed by atoms with Crippen molar-refractivity contribution in [3.8, 4) is 33.4 Å². The summed E-state index contributed by atoms with van der Waals surface area (Å²) in [6, 6.07) is 62.6. The van der Waals surface area contributed by atoms with Crippen molar-refractivity contribution in [1.82, 2.24) is 0 Å². The summed E-state index contributed by atoms with van der Waals surface area (Å²) in [4.78, 5) is 0. The summed E-state index contributed by atoms with van der Waals surface area (Å²) >= 11 is 1.93. The summed E-state index contributed by atoms with van der Waals surface area (Å²) in [5.41, 5.74) is 7.61. The van der Waals surface area contributed by atoms with Gasteiger partial charge in [0.15, 0.2) is 0 Å². The van der Waals surface area contributed by atoms with E-state index in [2.05, 4.69) is 170 Å². The highest BCUT2D eigenvalue weighted by Gasteiger charge is 2.19. The Morgan fingerprint density at radius 3 is 1.53 bits per heavy atom. The molecule has 0 N–H and O–H groups in total. The lowest BCUT2D eigenvalue weighted by Crippen LogP contribution is -1.91. The Balaban J connectivity index is 1.28. The summed E-state index contributed by atoms with van der Waals surface area (Å²) in [7, 11) is 0. The van der Waals surface area contributed by atoms with Gasteiger partial charge in [-0.3, -0.25) is 0 Å². The minimum Gasteiger partial charge on any atom is -0.134 e. The molecule has 0 spiro atoms. The fourth-order valence-corrected chi connectivity index (χ4v) is 9.15. The Morgan fingerprint density at radius 1 is 0.298 bits per heavy atom. The van der Waals surface area contributed by atoms with Gasteiger partial charge in [-0.1, -0.05) is 158 Å². The van der Waals surface area contributed by atoms with Gasteiger partial charge >= 0.3 is 0 Å². The van der Waals surface area contributed by atoms with Gasteiger partial charge in [0.2, 0.25) is 0 Å². The zero-order chi connectivity index (χ0) is 30.9. The van der Waals surface area contributed by atoms with E-state index in [9.17, 15) is 0 Å². The Hall–Kier alpha value is -5.76. The molecule has 0 nitrogen and oxygen atoms in total.